The second-order valence-electron chi connectivity index (χ2n) is 20.1. The molecule has 3 amide bonds. The first kappa shape index (κ1) is 65.6. The summed E-state index contributed by atoms with van der Waals surface area (Å²) >= 11 is 0. The molecule has 3 fully saturated rings. The van der Waals surface area contributed by atoms with Gasteiger partial charge >= 0.3 is 12.1 Å². The minimum atomic E-state index is -5.08. The Labute approximate surface area is 471 Å². The van der Waals surface area contributed by atoms with E-state index >= 15 is 0 Å². The maximum absolute atomic E-state index is 12.9. The van der Waals surface area contributed by atoms with Crippen molar-refractivity contribution in [1.29, 1.82) is 0 Å². The van der Waals surface area contributed by atoms with Crippen LogP contribution in [-0.2, 0) is 24.4 Å². The molecule has 0 saturated carbocycles. The van der Waals surface area contributed by atoms with Crippen molar-refractivity contribution < 1.29 is 37.5 Å². The molecule has 0 aromatic heterocycles. The molecule has 0 unspecified atom stereocenters. The molecule has 3 saturated heterocycles. The molecule has 3 aliphatic rings. The normalized spacial score (nSPS) is 16.9. The van der Waals surface area contributed by atoms with Gasteiger partial charge in [0.25, 0.3) is 17.7 Å². The summed E-state index contributed by atoms with van der Waals surface area (Å²) in [6.07, 6.45) is -5.08. The van der Waals surface area contributed by atoms with Crippen LogP contribution in [0.2, 0.25) is 0 Å². The van der Waals surface area contributed by atoms with Crippen molar-refractivity contribution in [2.75, 3.05) is 196 Å². The predicted molar refractivity (Wildman–Crippen MR) is 308 cm³/mol. The number of carboxylic acid groups (broad SMARTS) is 1. The number of carbonyl (C=O) groups excluding carboxylic acids is 3. The highest BCUT2D eigenvalue weighted by Crippen LogP contribution is 2.13. The molecule has 0 radical (unpaired) electrons. The highest BCUT2D eigenvalue weighted by atomic mass is 19.4. The van der Waals surface area contributed by atoms with Gasteiger partial charge < -0.3 is 68.9 Å². The Bertz CT molecular complexity index is 1930. The van der Waals surface area contributed by atoms with Crippen LogP contribution in [0.1, 0.15) is 47.8 Å². The number of hydrogen-bond donors (Lipinski definition) is 13. The number of rotatable bonds is 27. The van der Waals surface area contributed by atoms with E-state index in [0.29, 0.717) is 56.0 Å². The van der Waals surface area contributed by atoms with Crippen LogP contribution < -0.4 is 63.8 Å². The van der Waals surface area contributed by atoms with Crippen molar-refractivity contribution in [3.8, 4) is 0 Å². The summed E-state index contributed by atoms with van der Waals surface area (Å²) in [5.74, 6) is -2.87. The van der Waals surface area contributed by atoms with E-state index in [4.69, 9.17) is 9.90 Å². The molecule has 446 valence electrons. The van der Waals surface area contributed by atoms with Gasteiger partial charge in [-0.15, -0.1) is 0 Å². The van der Waals surface area contributed by atoms with Crippen LogP contribution in [0.4, 0.5) is 13.2 Å². The number of carbonyl (C=O) groups is 4. The maximum atomic E-state index is 12.9. The lowest BCUT2D eigenvalue weighted by molar-refractivity contribution is -0.192. The number of alkyl halides is 3. The average Bonchev–Trinajstić information content (AvgIpc) is 3.76. The number of amides is 3. The van der Waals surface area contributed by atoms with Crippen molar-refractivity contribution in [2.45, 2.75) is 25.8 Å². The van der Waals surface area contributed by atoms with Gasteiger partial charge in [0.05, 0.1) is 0 Å². The fourth-order valence-electron chi connectivity index (χ4n) is 9.07. The zero-order valence-electron chi connectivity index (χ0n) is 46.8. The zero-order chi connectivity index (χ0) is 56.9. The Hall–Kier alpha value is -5.19. The van der Waals surface area contributed by atoms with E-state index in [9.17, 15) is 27.6 Å². The van der Waals surface area contributed by atoms with Crippen molar-refractivity contribution in [2.24, 2.45) is 0 Å². The van der Waals surface area contributed by atoms with Gasteiger partial charge in [0.1, 0.15) is 0 Å². The fraction of sp³-hybridized carbons (Fsp3) is 0.607. The molecule has 13 N–H and O–H groups in total. The third-order valence-electron chi connectivity index (χ3n) is 13.9. The lowest BCUT2D eigenvalue weighted by atomic mass is 10.1. The first-order chi connectivity index (χ1) is 38.9. The van der Waals surface area contributed by atoms with Crippen molar-refractivity contribution in [1.82, 2.24) is 83.4 Å². The van der Waals surface area contributed by atoms with Crippen LogP contribution in [0.25, 0.3) is 0 Å². The quantitative estimate of drug-likeness (QED) is 0.0408. The number of carboxylic acids is 1. The third-order valence-corrected chi connectivity index (χ3v) is 13.9. The molecule has 0 spiro atoms. The van der Waals surface area contributed by atoms with Crippen molar-refractivity contribution in [3.63, 3.8) is 0 Å². The lowest BCUT2D eigenvalue weighted by Crippen LogP contribution is -2.40. The maximum Gasteiger partial charge on any atom is 0.490 e. The van der Waals surface area contributed by atoms with Gasteiger partial charge in [-0.05, 0) is 53.1 Å². The van der Waals surface area contributed by atoms with E-state index in [-0.39, 0.29) is 17.7 Å². The molecule has 6 rings (SSSR count). The molecule has 0 aliphatic carbocycles. The molecular formula is C56H91F3N16O5. The highest BCUT2D eigenvalue weighted by molar-refractivity contribution is 5.95. The van der Waals surface area contributed by atoms with Gasteiger partial charge in [0.15, 0.2) is 0 Å². The van der Waals surface area contributed by atoms with Crippen LogP contribution in [-0.4, -0.2) is 251 Å². The first-order valence-corrected chi connectivity index (χ1v) is 28.6. The molecular weight excluding hydrogens is 1030 g/mol. The van der Waals surface area contributed by atoms with Gasteiger partial charge in [-0.2, -0.15) is 13.2 Å². The third kappa shape index (κ3) is 28.5. The minimum absolute atomic E-state index is 0.0374. The van der Waals surface area contributed by atoms with E-state index in [0.717, 1.165) is 193 Å². The molecule has 3 aromatic carbocycles. The smallest absolute Gasteiger partial charge is 0.475 e. The number of aliphatic carboxylic acids is 1. The minimum Gasteiger partial charge on any atom is -0.475 e. The van der Waals surface area contributed by atoms with E-state index in [1.807, 2.05) is 72.8 Å². The Balaban J connectivity index is 0.00000157. The molecule has 3 heterocycles. The van der Waals surface area contributed by atoms with Gasteiger partial charge in [0.2, 0.25) is 0 Å². The largest absolute Gasteiger partial charge is 0.490 e. The first-order valence-electron chi connectivity index (χ1n) is 28.6. The van der Waals surface area contributed by atoms with Gasteiger partial charge in [-0.1, -0.05) is 36.4 Å². The Kier molecular flexibility index (Phi) is 32.2. The van der Waals surface area contributed by atoms with Gasteiger partial charge in [-0.3, -0.25) is 34.0 Å². The lowest BCUT2D eigenvalue weighted by Gasteiger charge is -2.23. The predicted octanol–water partition coefficient (Wildman–Crippen LogP) is -1.04. The second kappa shape index (κ2) is 39.3. The van der Waals surface area contributed by atoms with E-state index in [2.05, 4.69) is 83.4 Å². The molecule has 24 heteroatoms. The molecule has 0 bridgehead atoms. The van der Waals surface area contributed by atoms with Crippen LogP contribution in [0.5, 0.6) is 0 Å². The van der Waals surface area contributed by atoms with Crippen LogP contribution in [0.3, 0.4) is 0 Å². The number of nitrogens with zero attached hydrogens (tertiary/aromatic N) is 4. The molecule has 80 heavy (non-hydrogen) atoms. The van der Waals surface area contributed by atoms with Crippen LogP contribution >= 0.6 is 0 Å². The number of nitrogens with one attached hydrogen (secondary N) is 12. The topological polar surface area (TPSA) is 246 Å². The van der Waals surface area contributed by atoms with Crippen LogP contribution in [0.15, 0.2) is 72.8 Å². The Morgan fingerprint density at radius 1 is 0.412 bits per heavy atom. The number of hydrogen-bond acceptors (Lipinski definition) is 17. The number of benzene rings is 3. The summed E-state index contributed by atoms with van der Waals surface area (Å²) in [6.45, 7) is 29.2. The second-order valence-corrected chi connectivity index (χ2v) is 20.1. The molecule has 3 aromatic rings. The summed E-state index contributed by atoms with van der Waals surface area (Å²) in [5.41, 5.74) is 5.45. The Morgan fingerprint density at radius 3 is 0.875 bits per heavy atom. The summed E-state index contributed by atoms with van der Waals surface area (Å²) in [6, 6.07) is 23.7. The van der Waals surface area contributed by atoms with Crippen LogP contribution in [0, 0.1) is 0 Å². The Morgan fingerprint density at radius 2 is 0.650 bits per heavy atom. The standard InChI is InChI=1S/C54H90N16O3.C2HF3O2/c71-52(64-28-40-68-31-19-55-13-14-56-20-32-68)49-7-1-46(2-8-49)43-61-25-37-67(38-26-62-44-47-3-9-50(10-4-47)53(72)65-29-41-69-33-21-57-15-16-58-22-34-69)39-27-63-45-48-5-11-51(12-6-48)54(73)66-30-42-70-35-23-59-17-18-60-24-36-70;3-2(4,5)1(6)7/h1-12,55-63H,13-45H2,(H,64,71)(H,65,72)(H,66,73);(H,6,7). The van der Waals surface area contributed by atoms with Crippen molar-refractivity contribution >= 4 is 23.7 Å². The van der Waals surface area contributed by atoms with E-state index < -0.39 is 12.1 Å². The zero-order valence-corrected chi connectivity index (χ0v) is 46.8. The summed E-state index contributed by atoms with van der Waals surface area (Å²) in [4.78, 5) is 57.3. The summed E-state index contributed by atoms with van der Waals surface area (Å²) in [7, 11) is 0. The van der Waals surface area contributed by atoms with Crippen molar-refractivity contribution in [3.05, 3.63) is 106 Å². The molecule has 0 atom stereocenters. The summed E-state index contributed by atoms with van der Waals surface area (Å²) in [5, 5.41) is 48.0. The van der Waals surface area contributed by atoms with Gasteiger partial charge in [-0.25, -0.2) is 4.79 Å². The molecule has 21 nitrogen and oxygen atoms in total. The SMILES string of the molecule is O=C(NCCN1CCNCCNCC1)c1ccc(CNCCN(CCNCc2ccc(C(=O)NCCN3CCNCCNCC3)cc2)CCNCc2ccc(C(=O)NCCN3CCNCCNCC3)cc2)cc1.O=C(O)C(F)(F)F. The number of halogens is 3. The fourth-order valence-corrected chi connectivity index (χ4v) is 9.07. The van der Waals surface area contributed by atoms with E-state index in [1.165, 1.54) is 0 Å². The van der Waals surface area contributed by atoms with E-state index in [1.54, 1.807) is 0 Å². The van der Waals surface area contributed by atoms with Gasteiger partial charge in [0, 0.05) is 233 Å². The average molecular weight is 1130 g/mol. The molecule has 3 aliphatic heterocycles. The summed E-state index contributed by atoms with van der Waals surface area (Å²) < 4.78 is 31.7. The monoisotopic (exact) mass is 1120 g/mol. The highest BCUT2D eigenvalue weighted by Gasteiger charge is 2.38.